The molecule has 2 radical (unpaired) electrons. The first-order valence-electron chi connectivity index (χ1n) is 2.86. The lowest BCUT2D eigenvalue weighted by Gasteiger charge is -2.01. The van der Waals surface area contributed by atoms with Gasteiger partial charge in [-0.05, 0) is 24.6 Å². The van der Waals surface area contributed by atoms with Crippen molar-refractivity contribution in [3.8, 4) is 11.5 Å². The van der Waals surface area contributed by atoms with Crippen molar-refractivity contribution in [1.82, 2.24) is 0 Å². The van der Waals surface area contributed by atoms with Crippen LogP contribution in [-0.4, -0.2) is 12.2 Å². The summed E-state index contributed by atoms with van der Waals surface area (Å²) in [6.07, 6.45) is 0. The Kier molecular flexibility index (Phi) is 1.81. The van der Waals surface area contributed by atoms with Crippen molar-refractivity contribution in [2.24, 2.45) is 0 Å². The summed E-state index contributed by atoms with van der Waals surface area (Å²) in [5.74, 6) is 0.511. The van der Waals surface area contributed by atoms with E-state index in [2.05, 4.69) is 0 Å². The molecule has 1 aromatic rings. The monoisotopic (exact) mass is 136 g/mol. The van der Waals surface area contributed by atoms with Crippen LogP contribution in [0.5, 0.6) is 11.5 Å². The maximum absolute atomic E-state index is 9.09. The second kappa shape index (κ2) is 2.60. The third kappa shape index (κ3) is 1.21. The molecule has 0 saturated heterocycles. The van der Waals surface area contributed by atoms with Gasteiger partial charge >= 0.3 is 0 Å². The van der Waals surface area contributed by atoms with Crippen LogP contribution in [0.2, 0.25) is 0 Å². The minimum absolute atomic E-state index is 0.0718. The molecule has 0 aromatic heterocycles. The molecule has 1 aromatic carbocycles. The van der Waals surface area contributed by atoms with Crippen molar-refractivity contribution in [3.05, 3.63) is 30.7 Å². The van der Waals surface area contributed by atoms with Crippen LogP contribution in [-0.2, 0) is 0 Å². The average molecular weight is 136 g/mol. The Morgan fingerprint density at radius 2 is 2.20 bits per heavy atom. The van der Waals surface area contributed by atoms with Crippen molar-refractivity contribution in [2.45, 2.75) is 0 Å². The minimum Gasteiger partial charge on any atom is -0.504 e. The molecule has 0 atom stereocenters. The molecule has 2 heteroatoms. The van der Waals surface area contributed by atoms with Gasteiger partial charge in [0.25, 0.3) is 0 Å². The molecule has 0 saturated carbocycles. The summed E-state index contributed by atoms with van der Waals surface area (Å²) < 4.78 is 4.79. The van der Waals surface area contributed by atoms with Crippen molar-refractivity contribution in [1.29, 1.82) is 0 Å². The van der Waals surface area contributed by atoms with Crippen LogP contribution in [0.15, 0.2) is 18.2 Å². The Hall–Kier alpha value is -1.18. The van der Waals surface area contributed by atoms with Crippen molar-refractivity contribution in [2.75, 3.05) is 7.11 Å². The molecule has 0 aliphatic carbocycles. The lowest BCUT2D eigenvalue weighted by molar-refractivity contribution is 0.373. The van der Waals surface area contributed by atoms with Crippen molar-refractivity contribution in [3.63, 3.8) is 0 Å². The van der Waals surface area contributed by atoms with Gasteiger partial charge in [0.05, 0.1) is 7.11 Å². The number of aromatic hydroxyl groups is 1. The summed E-state index contributed by atoms with van der Waals surface area (Å²) in [6, 6.07) is 4.72. The number of ether oxygens (including phenoxy) is 1. The van der Waals surface area contributed by atoms with Crippen LogP contribution < -0.4 is 4.74 Å². The highest BCUT2D eigenvalue weighted by molar-refractivity contribution is 5.42. The number of rotatable bonds is 1. The summed E-state index contributed by atoms with van der Waals surface area (Å²) in [7, 11) is 1.49. The van der Waals surface area contributed by atoms with E-state index in [-0.39, 0.29) is 5.75 Å². The molecule has 0 bridgehead atoms. The highest BCUT2D eigenvalue weighted by Crippen LogP contribution is 2.25. The highest BCUT2D eigenvalue weighted by Gasteiger charge is 1.97. The normalized spacial score (nSPS) is 9.40. The molecule has 0 amide bonds. The van der Waals surface area contributed by atoms with Gasteiger partial charge in [-0.3, -0.25) is 0 Å². The molecule has 0 aliphatic rings. The summed E-state index contributed by atoms with van der Waals surface area (Å²) in [5, 5.41) is 9.09. The number of phenols is 1. The molecule has 0 fully saturated rings. The lowest BCUT2D eigenvalue weighted by Crippen LogP contribution is -1.82. The molecule has 1 N–H and O–H groups in total. The van der Waals surface area contributed by atoms with Gasteiger partial charge in [-0.2, -0.15) is 0 Å². The topological polar surface area (TPSA) is 29.5 Å². The van der Waals surface area contributed by atoms with Crippen LogP contribution in [0.4, 0.5) is 0 Å². The highest BCUT2D eigenvalue weighted by atomic mass is 16.5. The quantitative estimate of drug-likeness (QED) is 0.633. The fourth-order valence-corrected chi connectivity index (χ4v) is 0.707. The fraction of sp³-hybridized carbons (Fsp3) is 0.125. The number of benzene rings is 1. The largest absolute Gasteiger partial charge is 0.504 e. The van der Waals surface area contributed by atoms with Gasteiger partial charge in [0.2, 0.25) is 0 Å². The van der Waals surface area contributed by atoms with Gasteiger partial charge in [-0.15, -0.1) is 0 Å². The number of hydrogen-bond acceptors (Lipinski definition) is 2. The van der Waals surface area contributed by atoms with E-state index in [0.29, 0.717) is 11.3 Å². The molecule has 52 valence electrons. The SMILES string of the molecule is [CH]c1ccc(OC)c(O)c1. The van der Waals surface area contributed by atoms with E-state index in [1.807, 2.05) is 0 Å². The molecular formula is C8H8O2. The maximum Gasteiger partial charge on any atom is 0.160 e. The van der Waals surface area contributed by atoms with Crippen LogP contribution in [0.1, 0.15) is 5.56 Å². The van der Waals surface area contributed by atoms with E-state index in [1.165, 1.54) is 13.2 Å². The van der Waals surface area contributed by atoms with E-state index < -0.39 is 0 Å². The summed E-state index contributed by atoms with van der Waals surface area (Å²) in [4.78, 5) is 0. The predicted molar refractivity (Wildman–Crippen MR) is 38.1 cm³/mol. The van der Waals surface area contributed by atoms with E-state index in [9.17, 15) is 0 Å². The van der Waals surface area contributed by atoms with E-state index in [0.717, 1.165) is 0 Å². The predicted octanol–water partition coefficient (Wildman–Crippen LogP) is 1.46. The Bertz CT molecular complexity index is 231. The van der Waals surface area contributed by atoms with Crippen LogP contribution >= 0.6 is 0 Å². The van der Waals surface area contributed by atoms with Gasteiger partial charge in [-0.25, -0.2) is 0 Å². The Morgan fingerprint density at radius 3 is 2.70 bits per heavy atom. The molecule has 0 heterocycles. The minimum atomic E-state index is 0.0718. The zero-order valence-electron chi connectivity index (χ0n) is 5.66. The van der Waals surface area contributed by atoms with Crippen LogP contribution in [0, 0.1) is 6.92 Å². The smallest absolute Gasteiger partial charge is 0.160 e. The van der Waals surface area contributed by atoms with Crippen LogP contribution in [0.25, 0.3) is 0 Å². The number of phenolic OH excluding ortho intramolecular Hbond substituents is 1. The van der Waals surface area contributed by atoms with Gasteiger partial charge in [0.15, 0.2) is 11.5 Å². The molecule has 0 unspecified atom stereocenters. The standard InChI is InChI=1S/C8H8O2/c1-6-3-4-8(10-2)7(9)5-6/h1,3-5,9H,2H3. The number of methoxy groups -OCH3 is 1. The second-order valence-electron chi connectivity index (χ2n) is 1.93. The maximum atomic E-state index is 9.09. The van der Waals surface area contributed by atoms with E-state index in [1.54, 1.807) is 12.1 Å². The summed E-state index contributed by atoms with van der Waals surface area (Å²) in [6.45, 7) is 5.37. The molecule has 2 nitrogen and oxygen atoms in total. The molecule has 10 heavy (non-hydrogen) atoms. The first-order valence-corrected chi connectivity index (χ1v) is 2.86. The lowest BCUT2D eigenvalue weighted by atomic mass is 10.2. The Balaban J connectivity index is 3.07. The first kappa shape index (κ1) is 6.93. The van der Waals surface area contributed by atoms with Crippen LogP contribution in [0.3, 0.4) is 0 Å². The Morgan fingerprint density at radius 1 is 1.50 bits per heavy atom. The second-order valence-corrected chi connectivity index (χ2v) is 1.93. The Labute approximate surface area is 60.1 Å². The molecular weight excluding hydrogens is 128 g/mol. The molecule has 0 spiro atoms. The van der Waals surface area contributed by atoms with E-state index >= 15 is 0 Å². The number of hydrogen-bond donors (Lipinski definition) is 1. The zero-order chi connectivity index (χ0) is 7.56. The van der Waals surface area contributed by atoms with Gasteiger partial charge in [0.1, 0.15) is 0 Å². The van der Waals surface area contributed by atoms with Gasteiger partial charge < -0.3 is 9.84 Å². The van der Waals surface area contributed by atoms with Gasteiger partial charge in [0, 0.05) is 0 Å². The molecule has 0 aliphatic heterocycles. The van der Waals surface area contributed by atoms with Crippen molar-refractivity contribution >= 4 is 0 Å². The fourth-order valence-electron chi connectivity index (χ4n) is 0.707. The summed E-state index contributed by atoms with van der Waals surface area (Å²) in [5.41, 5.74) is 0.526. The average Bonchev–Trinajstić information content (AvgIpc) is 1.88. The third-order valence-corrected chi connectivity index (χ3v) is 1.20. The van der Waals surface area contributed by atoms with Crippen molar-refractivity contribution < 1.29 is 9.84 Å². The first-order chi connectivity index (χ1) is 4.74. The van der Waals surface area contributed by atoms with E-state index in [4.69, 9.17) is 16.8 Å². The zero-order valence-corrected chi connectivity index (χ0v) is 5.66. The van der Waals surface area contributed by atoms with Gasteiger partial charge in [-0.1, -0.05) is 6.07 Å². The summed E-state index contributed by atoms with van der Waals surface area (Å²) >= 11 is 0. The molecule has 1 rings (SSSR count). The third-order valence-electron chi connectivity index (χ3n) is 1.20.